The Bertz CT molecular complexity index is 371. The van der Waals surface area contributed by atoms with Gasteiger partial charge in [0, 0.05) is 11.5 Å². The molecule has 0 aromatic heterocycles. The van der Waals surface area contributed by atoms with Crippen molar-refractivity contribution in [1.82, 2.24) is 0 Å². The predicted octanol–water partition coefficient (Wildman–Crippen LogP) is 2.86. The Kier molecular flexibility index (Phi) is 2.56. The Morgan fingerprint density at radius 2 is 2.36 bits per heavy atom. The van der Waals surface area contributed by atoms with Crippen LogP contribution in [0.4, 0.5) is 0 Å². The first-order chi connectivity index (χ1) is 6.92. The van der Waals surface area contributed by atoms with Crippen LogP contribution in [0, 0.1) is 0 Å². The van der Waals surface area contributed by atoms with E-state index in [9.17, 15) is 0 Å². The highest BCUT2D eigenvalue weighted by Crippen LogP contribution is 2.33. The average Bonchev–Trinajstić information content (AvgIpc) is 2.26. The van der Waals surface area contributed by atoms with Crippen molar-refractivity contribution >= 4 is 0 Å². The minimum Gasteiger partial charge on any atom is -0.493 e. The molecular weight excluding hydrogens is 178 g/mol. The van der Waals surface area contributed by atoms with Crippen LogP contribution in [0.2, 0.25) is 0 Å². The molecule has 14 heavy (non-hydrogen) atoms. The Morgan fingerprint density at radius 1 is 1.50 bits per heavy atom. The van der Waals surface area contributed by atoms with Crippen LogP contribution in [0.15, 0.2) is 29.4 Å². The number of para-hydroxylation sites is 1. The van der Waals surface area contributed by atoms with Crippen LogP contribution in [-0.2, 0) is 0 Å². The van der Waals surface area contributed by atoms with Gasteiger partial charge in [0.25, 0.3) is 0 Å². The maximum absolute atomic E-state index is 8.27. The molecule has 4 heteroatoms. The lowest BCUT2D eigenvalue weighted by atomic mass is 9.93. The Labute approximate surface area is 82.1 Å². The zero-order valence-electron chi connectivity index (χ0n) is 7.76. The van der Waals surface area contributed by atoms with E-state index in [1.807, 2.05) is 24.3 Å². The van der Waals surface area contributed by atoms with Gasteiger partial charge in [0.05, 0.1) is 6.61 Å². The summed E-state index contributed by atoms with van der Waals surface area (Å²) in [6, 6.07) is 7.93. The van der Waals surface area contributed by atoms with Crippen molar-refractivity contribution in [2.24, 2.45) is 5.11 Å². The summed E-state index contributed by atoms with van der Waals surface area (Å²) in [5.74, 6) is 1.24. The predicted molar refractivity (Wildman–Crippen MR) is 53.3 cm³/mol. The summed E-state index contributed by atoms with van der Waals surface area (Å²) in [6.07, 6.45) is 0.927. The van der Waals surface area contributed by atoms with Crippen LogP contribution in [0.5, 0.6) is 5.75 Å². The summed E-state index contributed by atoms with van der Waals surface area (Å²) in [7, 11) is 0. The molecule has 0 aliphatic carbocycles. The second kappa shape index (κ2) is 4.03. The van der Waals surface area contributed by atoms with Crippen LogP contribution < -0.4 is 4.74 Å². The standard InChI is InChI=1S/C10H11N3O/c11-13-12-7-8-5-6-14-10-4-2-1-3-9(8)10/h1-4,8H,5-7H2. The zero-order valence-corrected chi connectivity index (χ0v) is 7.76. The second-order valence-corrected chi connectivity index (χ2v) is 3.29. The van der Waals surface area contributed by atoms with E-state index in [1.54, 1.807) is 0 Å². The van der Waals surface area contributed by atoms with Crippen LogP contribution in [0.25, 0.3) is 10.4 Å². The lowest BCUT2D eigenvalue weighted by molar-refractivity contribution is 0.269. The molecule has 2 rings (SSSR count). The summed E-state index contributed by atoms with van der Waals surface area (Å²) >= 11 is 0. The molecule has 0 N–H and O–H groups in total. The van der Waals surface area contributed by atoms with E-state index in [-0.39, 0.29) is 0 Å². The number of hydrogen-bond donors (Lipinski definition) is 0. The minimum absolute atomic E-state index is 0.316. The Hall–Kier alpha value is -1.67. The molecule has 1 aromatic carbocycles. The first-order valence-electron chi connectivity index (χ1n) is 4.64. The van der Waals surface area contributed by atoms with Gasteiger partial charge in [0.1, 0.15) is 5.75 Å². The largest absolute Gasteiger partial charge is 0.493 e. The molecule has 4 nitrogen and oxygen atoms in total. The van der Waals surface area contributed by atoms with Gasteiger partial charge in [-0.25, -0.2) is 0 Å². The van der Waals surface area contributed by atoms with Crippen molar-refractivity contribution in [1.29, 1.82) is 0 Å². The molecular formula is C10H11N3O. The maximum Gasteiger partial charge on any atom is 0.122 e. The Morgan fingerprint density at radius 3 is 3.21 bits per heavy atom. The molecule has 1 heterocycles. The summed E-state index contributed by atoms with van der Waals surface area (Å²) in [6.45, 7) is 1.24. The zero-order chi connectivity index (χ0) is 9.80. The number of hydrogen-bond acceptors (Lipinski definition) is 2. The first-order valence-corrected chi connectivity index (χ1v) is 4.64. The van der Waals surface area contributed by atoms with E-state index in [0.717, 1.165) is 17.7 Å². The molecule has 0 fully saturated rings. The molecule has 0 spiro atoms. The van der Waals surface area contributed by atoms with Gasteiger partial charge in [-0.3, -0.25) is 0 Å². The SMILES string of the molecule is [N-]=[N+]=NCC1CCOc2ccccc21. The summed E-state index contributed by atoms with van der Waals surface area (Å²) in [4.78, 5) is 2.79. The molecule has 72 valence electrons. The van der Waals surface area contributed by atoms with Gasteiger partial charge in [-0.1, -0.05) is 23.3 Å². The number of azide groups is 1. The van der Waals surface area contributed by atoms with Gasteiger partial charge in [0.2, 0.25) is 0 Å². The highest BCUT2D eigenvalue weighted by atomic mass is 16.5. The molecule has 1 unspecified atom stereocenters. The van der Waals surface area contributed by atoms with Crippen molar-refractivity contribution in [3.05, 3.63) is 40.3 Å². The fourth-order valence-electron chi connectivity index (χ4n) is 1.74. The fourth-order valence-corrected chi connectivity index (χ4v) is 1.74. The molecule has 0 saturated carbocycles. The van der Waals surface area contributed by atoms with Crippen molar-refractivity contribution in [3.63, 3.8) is 0 Å². The molecule has 1 atom stereocenters. The molecule has 1 aliphatic rings. The van der Waals surface area contributed by atoms with Gasteiger partial charge in [-0.15, -0.1) is 0 Å². The number of fused-ring (bicyclic) bond motifs is 1. The van der Waals surface area contributed by atoms with Crippen LogP contribution in [0.3, 0.4) is 0 Å². The topological polar surface area (TPSA) is 58.0 Å². The van der Waals surface area contributed by atoms with Gasteiger partial charge >= 0.3 is 0 Å². The number of ether oxygens (including phenoxy) is 1. The lowest BCUT2D eigenvalue weighted by Gasteiger charge is -2.24. The first kappa shape index (κ1) is 8.91. The molecule has 0 saturated heterocycles. The third-order valence-electron chi connectivity index (χ3n) is 2.45. The van der Waals surface area contributed by atoms with Gasteiger partial charge in [0.15, 0.2) is 0 Å². The Balaban J connectivity index is 2.26. The second-order valence-electron chi connectivity index (χ2n) is 3.29. The van der Waals surface area contributed by atoms with E-state index < -0.39 is 0 Å². The van der Waals surface area contributed by atoms with E-state index in [0.29, 0.717) is 19.1 Å². The quantitative estimate of drug-likeness (QED) is 0.401. The minimum atomic E-state index is 0.316. The smallest absolute Gasteiger partial charge is 0.122 e. The summed E-state index contributed by atoms with van der Waals surface area (Å²) in [5.41, 5.74) is 9.43. The van der Waals surface area contributed by atoms with Crippen molar-refractivity contribution in [2.45, 2.75) is 12.3 Å². The molecule has 0 bridgehead atoms. The maximum atomic E-state index is 8.27. The van der Waals surface area contributed by atoms with Crippen molar-refractivity contribution in [3.8, 4) is 5.75 Å². The third kappa shape index (κ3) is 1.65. The number of benzene rings is 1. The summed E-state index contributed by atoms with van der Waals surface area (Å²) in [5, 5.41) is 3.62. The molecule has 0 radical (unpaired) electrons. The normalized spacial score (nSPS) is 19.0. The van der Waals surface area contributed by atoms with E-state index in [2.05, 4.69) is 10.0 Å². The van der Waals surface area contributed by atoms with Crippen molar-refractivity contribution in [2.75, 3.05) is 13.2 Å². The number of rotatable bonds is 2. The highest BCUT2D eigenvalue weighted by Gasteiger charge is 2.19. The van der Waals surface area contributed by atoms with Gasteiger partial charge < -0.3 is 4.74 Å². The van der Waals surface area contributed by atoms with Crippen LogP contribution in [0.1, 0.15) is 17.9 Å². The lowest BCUT2D eigenvalue weighted by Crippen LogP contribution is -2.15. The van der Waals surface area contributed by atoms with Gasteiger partial charge in [-0.05, 0) is 29.5 Å². The van der Waals surface area contributed by atoms with E-state index in [4.69, 9.17) is 10.3 Å². The van der Waals surface area contributed by atoms with Crippen LogP contribution >= 0.6 is 0 Å². The average molecular weight is 189 g/mol. The van der Waals surface area contributed by atoms with E-state index in [1.165, 1.54) is 0 Å². The van der Waals surface area contributed by atoms with E-state index >= 15 is 0 Å². The van der Waals surface area contributed by atoms with Gasteiger partial charge in [-0.2, -0.15) is 0 Å². The molecule has 1 aliphatic heterocycles. The molecule has 0 amide bonds. The monoisotopic (exact) mass is 189 g/mol. The molecule has 1 aromatic rings. The highest BCUT2D eigenvalue weighted by molar-refractivity contribution is 5.37. The number of nitrogens with zero attached hydrogens (tertiary/aromatic N) is 3. The van der Waals surface area contributed by atoms with Crippen LogP contribution in [-0.4, -0.2) is 13.2 Å². The van der Waals surface area contributed by atoms with Crippen molar-refractivity contribution < 1.29 is 4.74 Å². The fraction of sp³-hybridized carbons (Fsp3) is 0.400. The summed E-state index contributed by atoms with van der Waals surface area (Å²) < 4.78 is 5.50. The third-order valence-corrected chi connectivity index (χ3v) is 2.45.